The Morgan fingerprint density at radius 1 is 1.32 bits per heavy atom. The van der Waals surface area contributed by atoms with Crippen molar-refractivity contribution in [1.82, 2.24) is 9.88 Å². The molecule has 0 bridgehead atoms. The molecule has 2 N–H and O–H groups in total. The summed E-state index contributed by atoms with van der Waals surface area (Å²) in [6.45, 7) is 4.53. The molecule has 0 atom stereocenters. The normalized spacial score (nSPS) is 13.9. The predicted molar refractivity (Wildman–Crippen MR) is 93.7 cm³/mol. The van der Waals surface area contributed by atoms with Gasteiger partial charge in [0.05, 0.1) is 12.1 Å². The lowest BCUT2D eigenvalue weighted by Crippen LogP contribution is -2.29. The topological polar surface area (TPSA) is 46.1 Å². The molecule has 1 fully saturated rings. The van der Waals surface area contributed by atoms with E-state index in [4.69, 9.17) is 0 Å². The van der Waals surface area contributed by atoms with E-state index in [0.717, 1.165) is 31.1 Å². The van der Waals surface area contributed by atoms with Crippen LogP contribution in [0.15, 0.2) is 30.5 Å². The number of fused-ring (bicyclic) bond motifs is 1. The van der Waals surface area contributed by atoms with Crippen LogP contribution >= 0.6 is 12.4 Å². The molecule has 1 saturated carbocycles. The van der Waals surface area contributed by atoms with E-state index in [1.165, 1.54) is 23.7 Å². The number of rotatable bonds is 7. The fraction of sp³-hybridized carbons (Fsp3) is 0.471. The number of hydrogen-bond acceptors (Lipinski definition) is 2. The highest BCUT2D eigenvalue weighted by atomic mass is 35.5. The molecule has 1 aromatic carbocycles. The maximum atomic E-state index is 11.9. The van der Waals surface area contributed by atoms with Crippen molar-refractivity contribution in [2.45, 2.75) is 32.7 Å². The summed E-state index contributed by atoms with van der Waals surface area (Å²) in [4.78, 5) is 11.9. The minimum atomic E-state index is 0. The van der Waals surface area contributed by atoms with Gasteiger partial charge in [0, 0.05) is 18.4 Å². The van der Waals surface area contributed by atoms with Gasteiger partial charge in [0.25, 0.3) is 0 Å². The number of nitrogens with one attached hydrogen (secondary N) is 2. The molecule has 1 aliphatic carbocycles. The molecule has 1 heterocycles. The molecule has 0 spiro atoms. The van der Waals surface area contributed by atoms with Crippen LogP contribution in [0.3, 0.4) is 0 Å². The van der Waals surface area contributed by atoms with Crippen LogP contribution in [0.2, 0.25) is 0 Å². The van der Waals surface area contributed by atoms with E-state index in [2.05, 4.69) is 46.5 Å². The third-order valence-electron chi connectivity index (χ3n) is 3.94. The largest absolute Gasteiger partial charge is 0.347 e. The molecular formula is C17H24ClN3O. The first kappa shape index (κ1) is 16.8. The summed E-state index contributed by atoms with van der Waals surface area (Å²) < 4.78 is 2.23. The Kier molecular flexibility index (Phi) is 5.86. The highest BCUT2D eigenvalue weighted by molar-refractivity contribution is 5.94. The number of carbonyl (C=O) groups is 1. The number of benzene rings is 1. The highest BCUT2D eigenvalue weighted by Gasteiger charge is 2.20. The van der Waals surface area contributed by atoms with Crippen molar-refractivity contribution in [3.63, 3.8) is 0 Å². The van der Waals surface area contributed by atoms with Crippen LogP contribution in [-0.2, 0) is 11.3 Å². The SMILES string of the molecule is CCCn1ccc2ccc(NC(=O)CNCC3CC3)cc21.Cl. The minimum absolute atomic E-state index is 0. The number of carbonyl (C=O) groups excluding carboxylic acids is 1. The van der Waals surface area contributed by atoms with Crippen LogP contribution in [0, 0.1) is 5.92 Å². The molecule has 1 aromatic heterocycles. The summed E-state index contributed by atoms with van der Waals surface area (Å²) in [7, 11) is 0. The van der Waals surface area contributed by atoms with Crippen molar-refractivity contribution in [3.8, 4) is 0 Å². The number of anilines is 1. The first-order valence-electron chi connectivity index (χ1n) is 7.85. The Hall–Kier alpha value is -1.52. The van der Waals surface area contributed by atoms with E-state index >= 15 is 0 Å². The third kappa shape index (κ3) is 4.24. The zero-order valence-corrected chi connectivity index (χ0v) is 13.8. The van der Waals surface area contributed by atoms with Crippen molar-refractivity contribution in [2.75, 3.05) is 18.4 Å². The van der Waals surface area contributed by atoms with Gasteiger partial charge in [0.1, 0.15) is 0 Å². The van der Waals surface area contributed by atoms with Crippen molar-refractivity contribution in [3.05, 3.63) is 30.5 Å². The van der Waals surface area contributed by atoms with Crippen LogP contribution in [-0.4, -0.2) is 23.6 Å². The van der Waals surface area contributed by atoms with Crippen LogP contribution in [0.5, 0.6) is 0 Å². The van der Waals surface area contributed by atoms with Gasteiger partial charge in [-0.2, -0.15) is 0 Å². The van der Waals surface area contributed by atoms with E-state index in [1.54, 1.807) is 0 Å². The lowest BCUT2D eigenvalue weighted by atomic mass is 10.2. The van der Waals surface area contributed by atoms with E-state index in [9.17, 15) is 4.79 Å². The molecule has 0 saturated heterocycles. The second-order valence-electron chi connectivity index (χ2n) is 5.91. The summed E-state index contributed by atoms with van der Waals surface area (Å²) in [5.74, 6) is 0.829. The summed E-state index contributed by atoms with van der Waals surface area (Å²) in [5.41, 5.74) is 2.05. The van der Waals surface area contributed by atoms with Crippen molar-refractivity contribution in [2.24, 2.45) is 5.92 Å². The number of amides is 1. The van der Waals surface area contributed by atoms with Gasteiger partial charge >= 0.3 is 0 Å². The molecule has 0 aliphatic heterocycles. The number of halogens is 1. The number of nitrogens with zero attached hydrogens (tertiary/aromatic N) is 1. The Morgan fingerprint density at radius 3 is 2.86 bits per heavy atom. The van der Waals surface area contributed by atoms with Crippen LogP contribution in [0.25, 0.3) is 10.9 Å². The van der Waals surface area contributed by atoms with Gasteiger partial charge in [-0.15, -0.1) is 12.4 Å². The molecule has 5 heteroatoms. The Morgan fingerprint density at radius 2 is 2.14 bits per heavy atom. The van der Waals surface area contributed by atoms with E-state index in [0.29, 0.717) is 6.54 Å². The van der Waals surface area contributed by atoms with E-state index in [1.807, 2.05) is 6.07 Å². The quantitative estimate of drug-likeness (QED) is 0.821. The fourth-order valence-electron chi connectivity index (χ4n) is 2.61. The summed E-state index contributed by atoms with van der Waals surface area (Å²) >= 11 is 0. The molecule has 1 aliphatic rings. The van der Waals surface area contributed by atoms with Crippen molar-refractivity contribution < 1.29 is 4.79 Å². The molecule has 0 unspecified atom stereocenters. The zero-order valence-electron chi connectivity index (χ0n) is 13.0. The van der Waals surface area contributed by atoms with Gasteiger partial charge < -0.3 is 15.2 Å². The average Bonchev–Trinajstić information content (AvgIpc) is 3.21. The Balaban J connectivity index is 0.00000176. The molecule has 0 radical (unpaired) electrons. The third-order valence-corrected chi connectivity index (χ3v) is 3.94. The van der Waals surface area contributed by atoms with Crippen molar-refractivity contribution >= 4 is 34.9 Å². The molecule has 2 aromatic rings. The minimum Gasteiger partial charge on any atom is -0.347 e. The fourth-order valence-corrected chi connectivity index (χ4v) is 2.61. The smallest absolute Gasteiger partial charge is 0.238 e. The van der Waals surface area contributed by atoms with Gasteiger partial charge in [-0.3, -0.25) is 4.79 Å². The Labute approximate surface area is 137 Å². The predicted octanol–water partition coefficient (Wildman–Crippen LogP) is 3.41. The first-order chi connectivity index (χ1) is 10.3. The lowest BCUT2D eigenvalue weighted by Gasteiger charge is -2.08. The maximum absolute atomic E-state index is 11.9. The van der Waals surface area contributed by atoms with Crippen LogP contribution in [0.1, 0.15) is 26.2 Å². The number of aryl methyl sites for hydroxylation is 1. The molecule has 120 valence electrons. The van der Waals surface area contributed by atoms with Crippen LogP contribution < -0.4 is 10.6 Å². The average molecular weight is 322 g/mol. The van der Waals surface area contributed by atoms with Crippen molar-refractivity contribution in [1.29, 1.82) is 0 Å². The van der Waals surface area contributed by atoms with Gasteiger partial charge in [-0.1, -0.05) is 13.0 Å². The molecule has 1 amide bonds. The van der Waals surface area contributed by atoms with Gasteiger partial charge in [0.2, 0.25) is 5.91 Å². The molecule has 22 heavy (non-hydrogen) atoms. The van der Waals surface area contributed by atoms with Gasteiger partial charge in [0.15, 0.2) is 0 Å². The summed E-state index contributed by atoms with van der Waals surface area (Å²) in [5, 5.41) is 7.40. The van der Waals surface area contributed by atoms with Gasteiger partial charge in [-0.05, 0) is 55.3 Å². The summed E-state index contributed by atoms with van der Waals surface area (Å²) in [6.07, 6.45) is 5.82. The number of hydrogen-bond donors (Lipinski definition) is 2. The lowest BCUT2D eigenvalue weighted by molar-refractivity contribution is -0.115. The van der Waals surface area contributed by atoms with E-state index < -0.39 is 0 Å². The number of aromatic nitrogens is 1. The first-order valence-corrected chi connectivity index (χ1v) is 7.85. The summed E-state index contributed by atoms with van der Waals surface area (Å²) in [6, 6.07) is 8.21. The Bertz CT molecular complexity index is 634. The molecule has 3 rings (SSSR count). The maximum Gasteiger partial charge on any atom is 0.238 e. The van der Waals surface area contributed by atoms with Crippen LogP contribution in [0.4, 0.5) is 5.69 Å². The zero-order chi connectivity index (χ0) is 14.7. The van der Waals surface area contributed by atoms with Gasteiger partial charge in [-0.25, -0.2) is 0 Å². The molecule has 4 nitrogen and oxygen atoms in total. The standard InChI is InChI=1S/C17H23N3O.ClH/c1-2-8-20-9-7-14-5-6-15(10-16(14)20)19-17(21)12-18-11-13-3-4-13;/h5-7,9-10,13,18H,2-4,8,11-12H2,1H3,(H,19,21);1H. The highest BCUT2D eigenvalue weighted by Crippen LogP contribution is 2.27. The molecular weight excluding hydrogens is 298 g/mol. The monoisotopic (exact) mass is 321 g/mol. The second-order valence-corrected chi connectivity index (χ2v) is 5.91. The second kappa shape index (κ2) is 7.65. The van der Waals surface area contributed by atoms with E-state index in [-0.39, 0.29) is 18.3 Å².